The Bertz CT molecular complexity index is 830. The molecular weight excluding hydrogens is 329 g/mol. The number of amides is 1. The quantitative estimate of drug-likeness (QED) is 0.755. The third kappa shape index (κ3) is 2.70. The summed E-state index contributed by atoms with van der Waals surface area (Å²) < 4.78 is 38.5. The first-order valence-electron chi connectivity index (χ1n) is 6.62. The number of hydrogen-bond acceptors (Lipinski definition) is 2. The number of carbonyl (C=O) groups excluding carboxylic acids is 1. The number of benzene rings is 2. The van der Waals surface area contributed by atoms with Gasteiger partial charge in [0, 0.05) is 12.6 Å². The van der Waals surface area contributed by atoms with Crippen LogP contribution in [0.3, 0.4) is 0 Å². The highest BCUT2D eigenvalue weighted by Crippen LogP contribution is 2.36. The Balaban J connectivity index is 2.14. The highest BCUT2D eigenvalue weighted by Gasteiger charge is 2.33. The van der Waals surface area contributed by atoms with E-state index in [9.17, 15) is 18.0 Å². The van der Waals surface area contributed by atoms with Crippen molar-refractivity contribution in [2.75, 3.05) is 11.9 Å². The highest BCUT2D eigenvalue weighted by atomic mass is 35.5. The van der Waals surface area contributed by atoms with E-state index in [1.165, 1.54) is 4.90 Å². The van der Waals surface area contributed by atoms with E-state index in [0.717, 1.165) is 18.2 Å². The summed E-state index contributed by atoms with van der Waals surface area (Å²) >= 11 is 5.94. The average Bonchev–Trinajstić information content (AvgIpc) is 2.74. The van der Waals surface area contributed by atoms with Crippen LogP contribution in [0.15, 0.2) is 47.5 Å². The second kappa shape index (κ2) is 5.38. The van der Waals surface area contributed by atoms with E-state index in [2.05, 4.69) is 4.99 Å². The predicted molar refractivity (Wildman–Crippen MR) is 82.5 cm³/mol. The number of para-hydroxylation sites is 1. The van der Waals surface area contributed by atoms with Crippen LogP contribution in [-0.2, 0) is 11.0 Å². The number of carbonyl (C=O) groups is 1. The van der Waals surface area contributed by atoms with Gasteiger partial charge in [-0.2, -0.15) is 13.2 Å². The third-order valence-electron chi connectivity index (χ3n) is 3.53. The maximum atomic E-state index is 12.8. The molecule has 0 saturated heterocycles. The smallest absolute Gasteiger partial charge is 0.309 e. The first-order valence-corrected chi connectivity index (χ1v) is 7.00. The zero-order valence-corrected chi connectivity index (χ0v) is 12.6. The molecule has 118 valence electrons. The van der Waals surface area contributed by atoms with Gasteiger partial charge in [-0.1, -0.05) is 29.8 Å². The lowest BCUT2D eigenvalue weighted by Crippen LogP contribution is -2.25. The summed E-state index contributed by atoms with van der Waals surface area (Å²) in [6, 6.07) is 9.77. The molecule has 1 heterocycles. The van der Waals surface area contributed by atoms with Crippen LogP contribution in [0.4, 0.5) is 24.5 Å². The van der Waals surface area contributed by atoms with Crippen molar-refractivity contribution in [3.63, 3.8) is 0 Å². The van der Waals surface area contributed by atoms with E-state index >= 15 is 0 Å². The molecular formula is C16H10ClF3N2O. The number of anilines is 1. The van der Waals surface area contributed by atoms with E-state index in [4.69, 9.17) is 11.6 Å². The Morgan fingerprint density at radius 2 is 1.83 bits per heavy atom. The summed E-state index contributed by atoms with van der Waals surface area (Å²) in [5, 5.41) is 0.0466. The molecule has 3 rings (SSSR count). The van der Waals surface area contributed by atoms with Crippen molar-refractivity contribution in [1.29, 1.82) is 0 Å². The molecule has 1 aliphatic heterocycles. The molecule has 1 amide bonds. The fourth-order valence-electron chi connectivity index (χ4n) is 2.35. The average molecular weight is 339 g/mol. The Hall–Kier alpha value is -2.34. The van der Waals surface area contributed by atoms with Crippen LogP contribution < -0.4 is 4.90 Å². The Morgan fingerprint density at radius 3 is 2.52 bits per heavy atom. The Kier molecular flexibility index (Phi) is 3.64. The van der Waals surface area contributed by atoms with Crippen molar-refractivity contribution in [3.05, 3.63) is 58.6 Å². The maximum Gasteiger partial charge on any atom is 0.416 e. The second-order valence-electron chi connectivity index (χ2n) is 5.01. The molecule has 1 aliphatic rings. The summed E-state index contributed by atoms with van der Waals surface area (Å²) in [6.07, 6.45) is -4.51. The number of fused-ring (bicyclic) bond motifs is 1. The van der Waals surface area contributed by atoms with Crippen molar-refractivity contribution in [3.8, 4) is 0 Å². The number of alkyl halides is 3. The SMILES string of the molecule is CN1C(=O)C(=Nc2cc(C(F)(F)F)ccc2Cl)c2ccccc21. The fourth-order valence-corrected chi connectivity index (χ4v) is 2.51. The minimum atomic E-state index is -4.51. The van der Waals surface area contributed by atoms with E-state index in [0.29, 0.717) is 11.3 Å². The number of aliphatic imine (C=N–C) groups is 1. The van der Waals surface area contributed by atoms with Crippen molar-refractivity contribution in [2.45, 2.75) is 6.18 Å². The molecule has 0 N–H and O–H groups in total. The standard InChI is InChI=1S/C16H10ClF3N2O/c1-22-13-5-3-2-4-10(13)14(15(22)23)21-12-8-9(16(18,19)20)6-7-11(12)17/h2-8H,1H3. The number of nitrogens with zero attached hydrogens (tertiary/aromatic N) is 2. The molecule has 7 heteroatoms. The van der Waals surface area contributed by atoms with E-state index in [1.807, 2.05) is 0 Å². The van der Waals surface area contributed by atoms with Gasteiger partial charge in [0.05, 0.1) is 22.0 Å². The molecule has 2 aromatic rings. The van der Waals surface area contributed by atoms with Gasteiger partial charge in [0.2, 0.25) is 0 Å². The highest BCUT2D eigenvalue weighted by molar-refractivity contribution is 6.54. The van der Waals surface area contributed by atoms with Crippen LogP contribution in [0.1, 0.15) is 11.1 Å². The lowest BCUT2D eigenvalue weighted by Gasteiger charge is -2.09. The van der Waals surface area contributed by atoms with Crippen LogP contribution in [0, 0.1) is 0 Å². The lowest BCUT2D eigenvalue weighted by atomic mass is 10.1. The summed E-state index contributed by atoms with van der Waals surface area (Å²) in [4.78, 5) is 17.8. The molecule has 0 spiro atoms. The maximum absolute atomic E-state index is 12.8. The Morgan fingerprint density at radius 1 is 1.13 bits per heavy atom. The van der Waals surface area contributed by atoms with Gasteiger partial charge in [0.1, 0.15) is 5.71 Å². The minimum Gasteiger partial charge on any atom is -0.309 e. The van der Waals surface area contributed by atoms with Gasteiger partial charge in [0.15, 0.2) is 0 Å². The summed E-state index contributed by atoms with van der Waals surface area (Å²) in [5.41, 5.74) is 0.334. The molecule has 0 fully saturated rings. The van der Waals surface area contributed by atoms with E-state index in [-0.39, 0.29) is 22.3 Å². The molecule has 0 atom stereocenters. The zero-order valence-electron chi connectivity index (χ0n) is 11.9. The van der Waals surface area contributed by atoms with Crippen molar-refractivity contribution >= 4 is 34.6 Å². The summed E-state index contributed by atoms with van der Waals surface area (Å²) in [7, 11) is 1.58. The van der Waals surface area contributed by atoms with Gasteiger partial charge < -0.3 is 4.90 Å². The van der Waals surface area contributed by atoms with Gasteiger partial charge >= 0.3 is 6.18 Å². The van der Waals surface area contributed by atoms with Crippen molar-refractivity contribution in [1.82, 2.24) is 0 Å². The second-order valence-corrected chi connectivity index (χ2v) is 5.41. The molecule has 0 radical (unpaired) electrons. The van der Waals surface area contributed by atoms with E-state index < -0.39 is 11.7 Å². The van der Waals surface area contributed by atoms with Gasteiger partial charge in [0.25, 0.3) is 5.91 Å². The third-order valence-corrected chi connectivity index (χ3v) is 3.85. The number of hydrogen-bond donors (Lipinski definition) is 0. The normalized spacial score (nSPS) is 16.1. The minimum absolute atomic E-state index is 0.0466. The summed E-state index contributed by atoms with van der Waals surface area (Å²) in [6.45, 7) is 0. The molecule has 3 nitrogen and oxygen atoms in total. The molecule has 0 unspecified atom stereocenters. The fraction of sp³-hybridized carbons (Fsp3) is 0.125. The molecule has 23 heavy (non-hydrogen) atoms. The molecule has 0 aromatic heterocycles. The predicted octanol–water partition coefficient (Wildman–Crippen LogP) is 4.46. The van der Waals surface area contributed by atoms with Crippen LogP contribution in [-0.4, -0.2) is 18.7 Å². The van der Waals surface area contributed by atoms with Gasteiger partial charge in [-0.3, -0.25) is 4.79 Å². The number of halogens is 4. The van der Waals surface area contributed by atoms with Crippen LogP contribution in [0.2, 0.25) is 5.02 Å². The van der Waals surface area contributed by atoms with Crippen LogP contribution in [0.25, 0.3) is 0 Å². The molecule has 2 aromatic carbocycles. The van der Waals surface area contributed by atoms with Gasteiger partial charge in [-0.25, -0.2) is 4.99 Å². The molecule has 0 saturated carbocycles. The van der Waals surface area contributed by atoms with Crippen molar-refractivity contribution in [2.24, 2.45) is 4.99 Å². The Labute approximate surface area is 135 Å². The first kappa shape index (κ1) is 15.6. The lowest BCUT2D eigenvalue weighted by molar-refractivity contribution is -0.137. The van der Waals surface area contributed by atoms with Gasteiger partial charge in [-0.15, -0.1) is 0 Å². The van der Waals surface area contributed by atoms with Crippen LogP contribution >= 0.6 is 11.6 Å². The molecule has 0 bridgehead atoms. The van der Waals surface area contributed by atoms with E-state index in [1.54, 1.807) is 31.3 Å². The van der Waals surface area contributed by atoms with Gasteiger partial charge in [-0.05, 0) is 24.3 Å². The largest absolute Gasteiger partial charge is 0.416 e. The van der Waals surface area contributed by atoms with Crippen molar-refractivity contribution < 1.29 is 18.0 Å². The zero-order chi connectivity index (χ0) is 16.8. The summed E-state index contributed by atoms with van der Waals surface area (Å²) in [5.74, 6) is -0.389. The number of likely N-dealkylation sites (N-methyl/N-ethyl adjacent to an activating group) is 1. The topological polar surface area (TPSA) is 32.7 Å². The first-order chi connectivity index (χ1) is 10.8. The van der Waals surface area contributed by atoms with Crippen LogP contribution in [0.5, 0.6) is 0 Å². The monoisotopic (exact) mass is 338 g/mol. The molecule has 0 aliphatic carbocycles. The number of rotatable bonds is 1.